The lowest BCUT2D eigenvalue weighted by Gasteiger charge is -2.31. The minimum Gasteiger partial charge on any atom is -0.475 e. The Morgan fingerprint density at radius 3 is 2.44 bits per heavy atom. The van der Waals surface area contributed by atoms with Gasteiger partial charge in [0.05, 0.1) is 0 Å². The molecule has 1 fully saturated rings. The number of carbonyl (C=O) groups is 3. The molecule has 1 aliphatic rings. The number of carboxylic acids is 1. The molecule has 0 spiro atoms. The molecule has 0 aliphatic carbocycles. The molecule has 7 nitrogen and oxygen atoms in total. The maximum Gasteiger partial charge on any atom is 0.490 e. The maximum absolute atomic E-state index is 12.5. The van der Waals surface area contributed by atoms with Crippen LogP contribution in [0.4, 0.5) is 13.2 Å². The van der Waals surface area contributed by atoms with Gasteiger partial charge in [-0.3, -0.25) is 14.5 Å². The van der Waals surface area contributed by atoms with Gasteiger partial charge < -0.3 is 15.7 Å². The highest BCUT2D eigenvalue weighted by Crippen LogP contribution is 2.29. The molecular weight excluding hydrogens is 531 g/mol. The number of hydrogen-bond acceptors (Lipinski definition) is 6. The molecule has 2 heterocycles. The number of Topliss-reactive ketones (excluding diaryl/α,β-unsaturated/α-hetero) is 1. The van der Waals surface area contributed by atoms with Gasteiger partial charge in [0.15, 0.2) is 5.78 Å². The van der Waals surface area contributed by atoms with E-state index in [1.807, 2.05) is 23.5 Å². The number of carbonyl (C=O) groups excluding carboxylic acids is 2. The van der Waals surface area contributed by atoms with Gasteiger partial charge in [0, 0.05) is 59.6 Å². The Labute approximate surface area is 228 Å². The van der Waals surface area contributed by atoms with Crippen LogP contribution in [0.1, 0.15) is 45.0 Å². The molecular formula is C28H30F3N3O4S. The third-order valence-electron chi connectivity index (χ3n) is 5.93. The lowest BCUT2D eigenvalue weighted by molar-refractivity contribution is -0.192. The van der Waals surface area contributed by atoms with Crippen molar-refractivity contribution in [2.45, 2.75) is 39.2 Å². The zero-order valence-corrected chi connectivity index (χ0v) is 22.4. The fourth-order valence-corrected chi connectivity index (χ4v) is 5.04. The molecule has 0 saturated carbocycles. The normalized spacial score (nSPS) is 15.7. The second-order valence-corrected chi connectivity index (χ2v) is 10.3. The van der Waals surface area contributed by atoms with Crippen LogP contribution in [0.2, 0.25) is 0 Å². The lowest BCUT2D eigenvalue weighted by atomic mass is 10.1. The van der Waals surface area contributed by atoms with Crippen molar-refractivity contribution in [3.05, 3.63) is 82.2 Å². The van der Waals surface area contributed by atoms with E-state index in [1.54, 1.807) is 24.3 Å². The van der Waals surface area contributed by atoms with Crippen LogP contribution < -0.4 is 10.6 Å². The summed E-state index contributed by atoms with van der Waals surface area (Å²) in [5.41, 5.74) is 3.26. The number of carboxylic acid groups (broad SMARTS) is 1. The van der Waals surface area contributed by atoms with E-state index in [2.05, 4.69) is 46.7 Å². The smallest absolute Gasteiger partial charge is 0.475 e. The van der Waals surface area contributed by atoms with Gasteiger partial charge in [0.1, 0.15) is 0 Å². The van der Waals surface area contributed by atoms with Crippen molar-refractivity contribution in [1.29, 1.82) is 0 Å². The summed E-state index contributed by atoms with van der Waals surface area (Å²) < 4.78 is 31.7. The Hall–Kier alpha value is -3.54. The van der Waals surface area contributed by atoms with E-state index < -0.39 is 12.1 Å². The van der Waals surface area contributed by atoms with Crippen LogP contribution in [-0.4, -0.2) is 59.5 Å². The van der Waals surface area contributed by atoms with Gasteiger partial charge in [-0.1, -0.05) is 30.3 Å². The number of amides is 1. The number of ketones is 1. The molecule has 0 bridgehead atoms. The van der Waals surface area contributed by atoms with Gasteiger partial charge in [0.2, 0.25) is 0 Å². The number of nitrogens with zero attached hydrogens (tertiary/aromatic N) is 1. The van der Waals surface area contributed by atoms with Crippen molar-refractivity contribution in [1.82, 2.24) is 15.5 Å². The van der Waals surface area contributed by atoms with Crippen LogP contribution in [0.25, 0.3) is 10.4 Å². The Morgan fingerprint density at radius 2 is 1.77 bits per heavy atom. The second kappa shape index (κ2) is 13.5. The Bertz CT molecular complexity index is 1310. The number of nitrogens with one attached hydrogen (secondary N) is 2. The summed E-state index contributed by atoms with van der Waals surface area (Å²) in [6, 6.07) is 20.1. The molecule has 4 rings (SSSR count). The summed E-state index contributed by atoms with van der Waals surface area (Å²) >= 11 is 1.83. The highest BCUT2D eigenvalue weighted by molar-refractivity contribution is 7.15. The van der Waals surface area contributed by atoms with E-state index in [4.69, 9.17) is 9.90 Å². The van der Waals surface area contributed by atoms with Crippen LogP contribution in [0.3, 0.4) is 0 Å². The van der Waals surface area contributed by atoms with E-state index in [1.165, 1.54) is 22.2 Å². The largest absolute Gasteiger partial charge is 0.490 e. The third kappa shape index (κ3) is 9.31. The van der Waals surface area contributed by atoms with E-state index in [-0.39, 0.29) is 11.7 Å². The SMILES string of the molecule is CC(=O)c1cccc(C(=O)NCc2cccc(-c3ccc(CN4CCN[C@@H](C)C4)s3)c2)c1.O=C(O)C(F)(F)F. The van der Waals surface area contributed by atoms with Crippen LogP contribution >= 0.6 is 11.3 Å². The summed E-state index contributed by atoms with van der Waals surface area (Å²) in [6.07, 6.45) is -5.08. The standard InChI is InChI=1S/C26H29N3O2S.C2HF3O2/c1-18-16-29(12-11-27-18)17-24-9-10-25(32-24)22-7-3-5-20(13-22)15-28-26(31)23-8-4-6-21(14-23)19(2)30;3-2(4,5)1(6)7/h3-10,13-14,18,27H,11-12,15-17H2,1-2H3,(H,28,31);(H,6,7)/t18-;/m0./s1. The van der Waals surface area contributed by atoms with Gasteiger partial charge >= 0.3 is 12.1 Å². The molecule has 1 amide bonds. The number of halogens is 3. The molecule has 0 radical (unpaired) electrons. The topological polar surface area (TPSA) is 98.7 Å². The highest BCUT2D eigenvalue weighted by atomic mass is 32.1. The first-order chi connectivity index (χ1) is 18.4. The molecule has 1 aromatic heterocycles. The highest BCUT2D eigenvalue weighted by Gasteiger charge is 2.38. The van der Waals surface area contributed by atoms with Crippen molar-refractivity contribution in [3.63, 3.8) is 0 Å². The average molecular weight is 562 g/mol. The van der Waals surface area contributed by atoms with Crippen molar-refractivity contribution < 1.29 is 32.7 Å². The number of thiophene rings is 1. The first-order valence-corrected chi connectivity index (χ1v) is 13.1. The minimum absolute atomic E-state index is 0.0471. The van der Waals surface area contributed by atoms with Gasteiger partial charge in [-0.05, 0) is 55.3 Å². The molecule has 1 atom stereocenters. The molecule has 39 heavy (non-hydrogen) atoms. The minimum atomic E-state index is -5.08. The number of aliphatic carboxylic acids is 1. The summed E-state index contributed by atoms with van der Waals surface area (Å²) in [4.78, 5) is 38.1. The predicted molar refractivity (Wildman–Crippen MR) is 144 cm³/mol. The van der Waals surface area contributed by atoms with Crippen molar-refractivity contribution in [2.24, 2.45) is 0 Å². The average Bonchev–Trinajstić information content (AvgIpc) is 3.36. The van der Waals surface area contributed by atoms with E-state index in [0.29, 0.717) is 23.7 Å². The maximum atomic E-state index is 12.5. The molecule has 11 heteroatoms. The van der Waals surface area contributed by atoms with Crippen LogP contribution in [0.15, 0.2) is 60.7 Å². The van der Waals surface area contributed by atoms with Crippen LogP contribution in [0, 0.1) is 0 Å². The van der Waals surface area contributed by atoms with Crippen molar-refractivity contribution >= 4 is 29.0 Å². The van der Waals surface area contributed by atoms with Crippen molar-refractivity contribution in [2.75, 3.05) is 19.6 Å². The Kier molecular flexibility index (Phi) is 10.4. The van der Waals surface area contributed by atoms with Gasteiger partial charge in [0.25, 0.3) is 5.91 Å². The van der Waals surface area contributed by atoms with E-state index in [9.17, 15) is 22.8 Å². The molecule has 0 unspecified atom stereocenters. The first-order valence-electron chi connectivity index (χ1n) is 12.3. The Balaban J connectivity index is 0.000000532. The molecule has 208 valence electrons. The molecule has 2 aromatic carbocycles. The quantitative estimate of drug-likeness (QED) is 0.352. The fraction of sp³-hybridized carbons (Fsp3) is 0.321. The molecule has 3 N–H and O–H groups in total. The second-order valence-electron chi connectivity index (χ2n) is 9.18. The number of alkyl halides is 3. The van der Waals surface area contributed by atoms with Gasteiger partial charge in [-0.25, -0.2) is 4.79 Å². The zero-order valence-electron chi connectivity index (χ0n) is 21.5. The number of piperazine rings is 1. The molecule has 1 aliphatic heterocycles. The van der Waals surface area contributed by atoms with Crippen LogP contribution in [0.5, 0.6) is 0 Å². The fourth-order valence-electron chi connectivity index (χ4n) is 3.99. The lowest BCUT2D eigenvalue weighted by Crippen LogP contribution is -2.48. The summed E-state index contributed by atoms with van der Waals surface area (Å²) in [5, 5.41) is 13.6. The summed E-state index contributed by atoms with van der Waals surface area (Å²) in [6.45, 7) is 8.38. The summed E-state index contributed by atoms with van der Waals surface area (Å²) in [5.74, 6) is -2.98. The van der Waals surface area contributed by atoms with Gasteiger partial charge in [-0.2, -0.15) is 13.2 Å². The zero-order chi connectivity index (χ0) is 28.6. The van der Waals surface area contributed by atoms with E-state index in [0.717, 1.165) is 31.7 Å². The molecule has 1 saturated heterocycles. The third-order valence-corrected chi connectivity index (χ3v) is 7.05. The van der Waals surface area contributed by atoms with Crippen LogP contribution in [-0.2, 0) is 17.9 Å². The first kappa shape index (κ1) is 30.0. The Morgan fingerprint density at radius 1 is 1.08 bits per heavy atom. The number of benzene rings is 2. The summed E-state index contributed by atoms with van der Waals surface area (Å²) in [7, 11) is 0. The number of rotatable bonds is 7. The van der Waals surface area contributed by atoms with Crippen molar-refractivity contribution in [3.8, 4) is 10.4 Å². The van der Waals surface area contributed by atoms with E-state index >= 15 is 0 Å². The monoisotopic (exact) mass is 561 g/mol. The number of hydrogen-bond donors (Lipinski definition) is 3. The molecule has 3 aromatic rings. The predicted octanol–water partition coefficient (Wildman–Crippen LogP) is 4.97. The van der Waals surface area contributed by atoms with Gasteiger partial charge in [-0.15, -0.1) is 11.3 Å².